The number of piperazine rings is 1. The predicted octanol–water partition coefficient (Wildman–Crippen LogP) is 1.58. The Bertz CT molecular complexity index is 631. The molecule has 0 spiro atoms. The van der Waals surface area contributed by atoms with Gasteiger partial charge in [-0.05, 0) is 40.1 Å². The van der Waals surface area contributed by atoms with Crippen LogP contribution in [0, 0.1) is 0 Å². The first-order valence-corrected chi connectivity index (χ1v) is 7.60. The van der Waals surface area contributed by atoms with Crippen molar-refractivity contribution in [2.75, 3.05) is 38.6 Å². The molecule has 0 bridgehead atoms. The molecule has 1 N–H and O–H groups in total. The number of fused-ring (bicyclic) bond motifs is 1. The number of hydrogen-bond donors (Lipinski definition) is 1. The van der Waals surface area contributed by atoms with Gasteiger partial charge in [0, 0.05) is 37.9 Å². The van der Waals surface area contributed by atoms with Gasteiger partial charge in [0.05, 0.1) is 5.69 Å². The molecule has 2 aromatic rings. The van der Waals surface area contributed by atoms with Crippen LogP contribution in [0.4, 0.5) is 5.82 Å². The Morgan fingerprint density at radius 1 is 1.29 bits per heavy atom. The number of imidazole rings is 1. The molecule has 0 amide bonds. The topological polar surface area (TPSA) is 35.8 Å². The lowest BCUT2D eigenvalue weighted by molar-refractivity contribution is 0.138. The standard InChI is InChI=1S/C16H25N5/c1-16(2)12-20(10-9-19(16)4)15-13(11-17-3)21-8-6-5-7-14(21)18-15/h5-8,17H,9-12H2,1-4H3. The summed E-state index contributed by atoms with van der Waals surface area (Å²) in [6.45, 7) is 8.52. The van der Waals surface area contributed by atoms with Crippen LogP contribution in [0.2, 0.25) is 0 Å². The molecular formula is C16H25N5. The molecule has 0 unspecified atom stereocenters. The van der Waals surface area contributed by atoms with Gasteiger partial charge in [0.15, 0.2) is 5.82 Å². The highest BCUT2D eigenvalue weighted by molar-refractivity contribution is 5.56. The van der Waals surface area contributed by atoms with Gasteiger partial charge in [-0.1, -0.05) is 6.07 Å². The summed E-state index contributed by atoms with van der Waals surface area (Å²) >= 11 is 0. The Hall–Kier alpha value is -1.59. The molecule has 3 heterocycles. The largest absolute Gasteiger partial charge is 0.352 e. The van der Waals surface area contributed by atoms with Gasteiger partial charge < -0.3 is 14.6 Å². The summed E-state index contributed by atoms with van der Waals surface area (Å²) in [6.07, 6.45) is 2.10. The highest BCUT2D eigenvalue weighted by Gasteiger charge is 2.33. The van der Waals surface area contributed by atoms with Crippen molar-refractivity contribution in [3.05, 3.63) is 30.1 Å². The molecular weight excluding hydrogens is 262 g/mol. The van der Waals surface area contributed by atoms with Crippen molar-refractivity contribution in [3.8, 4) is 0 Å². The summed E-state index contributed by atoms with van der Waals surface area (Å²) in [5.41, 5.74) is 2.44. The molecule has 5 heteroatoms. The molecule has 21 heavy (non-hydrogen) atoms. The molecule has 1 aliphatic heterocycles. The molecule has 1 aliphatic rings. The zero-order chi connectivity index (χ0) is 15.0. The van der Waals surface area contributed by atoms with E-state index in [0.717, 1.165) is 37.6 Å². The molecule has 0 aromatic carbocycles. The maximum absolute atomic E-state index is 4.88. The zero-order valence-corrected chi connectivity index (χ0v) is 13.4. The van der Waals surface area contributed by atoms with Crippen molar-refractivity contribution in [2.45, 2.75) is 25.9 Å². The third kappa shape index (κ3) is 2.51. The van der Waals surface area contributed by atoms with Crippen LogP contribution in [0.3, 0.4) is 0 Å². The van der Waals surface area contributed by atoms with Gasteiger partial charge in [-0.3, -0.25) is 4.90 Å². The molecule has 1 saturated heterocycles. The quantitative estimate of drug-likeness (QED) is 0.930. The fourth-order valence-electron chi connectivity index (χ4n) is 3.04. The number of nitrogens with zero attached hydrogens (tertiary/aromatic N) is 4. The zero-order valence-electron chi connectivity index (χ0n) is 13.4. The second-order valence-electron chi connectivity index (χ2n) is 6.50. The molecule has 1 fully saturated rings. The molecule has 5 nitrogen and oxygen atoms in total. The van der Waals surface area contributed by atoms with E-state index in [1.165, 1.54) is 5.69 Å². The minimum atomic E-state index is 0.172. The monoisotopic (exact) mass is 287 g/mol. The van der Waals surface area contributed by atoms with Crippen molar-refractivity contribution in [2.24, 2.45) is 0 Å². The summed E-state index contributed by atoms with van der Waals surface area (Å²) in [4.78, 5) is 9.73. The molecule has 0 aliphatic carbocycles. The van der Waals surface area contributed by atoms with E-state index in [-0.39, 0.29) is 5.54 Å². The van der Waals surface area contributed by atoms with Crippen LogP contribution in [0.15, 0.2) is 24.4 Å². The number of nitrogens with one attached hydrogen (secondary N) is 1. The third-order valence-corrected chi connectivity index (χ3v) is 4.57. The summed E-state index contributed by atoms with van der Waals surface area (Å²) in [7, 11) is 4.19. The van der Waals surface area contributed by atoms with Crippen molar-refractivity contribution < 1.29 is 0 Å². The van der Waals surface area contributed by atoms with Crippen LogP contribution in [0.5, 0.6) is 0 Å². The van der Waals surface area contributed by atoms with Crippen molar-refractivity contribution in [1.82, 2.24) is 19.6 Å². The lowest BCUT2D eigenvalue weighted by Crippen LogP contribution is -2.58. The minimum absolute atomic E-state index is 0.172. The van der Waals surface area contributed by atoms with E-state index in [1.54, 1.807) is 0 Å². The molecule has 0 saturated carbocycles. The molecule has 0 radical (unpaired) electrons. The van der Waals surface area contributed by atoms with Gasteiger partial charge in [-0.15, -0.1) is 0 Å². The van der Waals surface area contributed by atoms with E-state index < -0.39 is 0 Å². The van der Waals surface area contributed by atoms with Gasteiger partial charge in [-0.2, -0.15) is 0 Å². The molecule has 0 atom stereocenters. The van der Waals surface area contributed by atoms with Crippen LogP contribution >= 0.6 is 0 Å². The maximum Gasteiger partial charge on any atom is 0.152 e. The number of pyridine rings is 1. The maximum atomic E-state index is 4.88. The Morgan fingerprint density at radius 2 is 2.10 bits per heavy atom. The Kier molecular flexibility index (Phi) is 3.63. The molecule has 114 valence electrons. The van der Waals surface area contributed by atoms with Gasteiger partial charge in [0.25, 0.3) is 0 Å². The summed E-state index contributed by atoms with van der Waals surface area (Å²) in [5.74, 6) is 1.12. The average Bonchev–Trinajstić information content (AvgIpc) is 2.81. The van der Waals surface area contributed by atoms with Crippen LogP contribution in [-0.4, -0.2) is 53.6 Å². The SMILES string of the molecule is CNCc1c(N2CCN(C)C(C)(C)C2)nc2ccccn12. The van der Waals surface area contributed by atoms with Crippen molar-refractivity contribution >= 4 is 11.5 Å². The highest BCUT2D eigenvalue weighted by Crippen LogP contribution is 2.27. The fourth-order valence-corrected chi connectivity index (χ4v) is 3.04. The van der Waals surface area contributed by atoms with Crippen LogP contribution in [-0.2, 0) is 6.54 Å². The van der Waals surface area contributed by atoms with Crippen LogP contribution < -0.4 is 10.2 Å². The first-order chi connectivity index (χ1) is 10.0. The Labute approximate surface area is 126 Å². The van der Waals surface area contributed by atoms with Crippen LogP contribution in [0.25, 0.3) is 5.65 Å². The van der Waals surface area contributed by atoms with Gasteiger partial charge in [0.1, 0.15) is 5.65 Å². The summed E-state index contributed by atoms with van der Waals surface area (Å²) < 4.78 is 2.19. The number of aromatic nitrogens is 2. The third-order valence-electron chi connectivity index (χ3n) is 4.57. The van der Waals surface area contributed by atoms with E-state index in [4.69, 9.17) is 4.98 Å². The molecule has 2 aromatic heterocycles. The minimum Gasteiger partial charge on any atom is -0.352 e. The normalized spacial score (nSPS) is 19.3. The second-order valence-corrected chi connectivity index (χ2v) is 6.50. The highest BCUT2D eigenvalue weighted by atomic mass is 15.3. The summed E-state index contributed by atoms with van der Waals surface area (Å²) in [6, 6.07) is 6.18. The van der Waals surface area contributed by atoms with Gasteiger partial charge in [0.2, 0.25) is 0 Å². The van der Waals surface area contributed by atoms with Crippen molar-refractivity contribution in [1.29, 1.82) is 0 Å². The second kappa shape index (κ2) is 5.31. The number of hydrogen-bond acceptors (Lipinski definition) is 4. The summed E-state index contributed by atoms with van der Waals surface area (Å²) in [5, 5.41) is 3.27. The first kappa shape index (κ1) is 14.4. The Balaban J connectivity index is 2.01. The van der Waals surface area contributed by atoms with Gasteiger partial charge >= 0.3 is 0 Å². The van der Waals surface area contributed by atoms with E-state index in [9.17, 15) is 0 Å². The lowest BCUT2D eigenvalue weighted by atomic mass is 10.00. The van der Waals surface area contributed by atoms with E-state index in [2.05, 4.69) is 58.7 Å². The van der Waals surface area contributed by atoms with Gasteiger partial charge in [-0.25, -0.2) is 4.98 Å². The molecule has 3 rings (SSSR count). The predicted molar refractivity (Wildman–Crippen MR) is 86.9 cm³/mol. The average molecular weight is 287 g/mol. The Morgan fingerprint density at radius 3 is 2.81 bits per heavy atom. The smallest absolute Gasteiger partial charge is 0.152 e. The van der Waals surface area contributed by atoms with E-state index >= 15 is 0 Å². The number of anilines is 1. The number of rotatable bonds is 3. The van der Waals surface area contributed by atoms with Crippen molar-refractivity contribution in [3.63, 3.8) is 0 Å². The number of likely N-dealkylation sites (N-methyl/N-ethyl adjacent to an activating group) is 1. The fraction of sp³-hybridized carbons (Fsp3) is 0.562. The van der Waals surface area contributed by atoms with Crippen LogP contribution in [0.1, 0.15) is 19.5 Å². The lowest BCUT2D eigenvalue weighted by Gasteiger charge is -2.45. The first-order valence-electron chi connectivity index (χ1n) is 7.60. The van der Waals surface area contributed by atoms with E-state index in [1.807, 2.05) is 13.1 Å². The van der Waals surface area contributed by atoms with E-state index in [0.29, 0.717) is 0 Å².